The van der Waals surface area contributed by atoms with Crippen molar-refractivity contribution in [1.82, 2.24) is 15.0 Å². The van der Waals surface area contributed by atoms with Gasteiger partial charge in [0.1, 0.15) is 0 Å². The third kappa shape index (κ3) is 3.00. The summed E-state index contributed by atoms with van der Waals surface area (Å²) >= 11 is 1.64. The fraction of sp³-hybridized carbons (Fsp3) is 0.533. The van der Waals surface area contributed by atoms with Crippen molar-refractivity contribution in [1.29, 1.82) is 0 Å². The van der Waals surface area contributed by atoms with E-state index < -0.39 is 0 Å². The number of nitrogens with zero attached hydrogens (tertiary/aromatic N) is 3. The molecule has 3 rings (SSSR count). The number of thiophene rings is 1. The Morgan fingerprint density at radius 3 is 3.10 bits per heavy atom. The second kappa shape index (κ2) is 5.97. The molecule has 0 bridgehead atoms. The van der Waals surface area contributed by atoms with Gasteiger partial charge in [-0.15, -0.1) is 11.3 Å². The quantitative estimate of drug-likeness (QED) is 0.875. The van der Waals surface area contributed by atoms with Crippen molar-refractivity contribution >= 4 is 17.2 Å². The summed E-state index contributed by atoms with van der Waals surface area (Å²) in [5.41, 5.74) is 0. The first-order valence-electron chi connectivity index (χ1n) is 7.27. The first kappa shape index (κ1) is 14.3. The molecule has 2 aromatic heterocycles. The standard InChI is InChI=1S/C15H19N3O2S/c1-10(13-6-4-8-21-13)15(19)18-7-3-5-12(9-18)14-16-11(2)20-17-14/h4,6,8,10,12H,3,5,7,9H2,1-2H3/t10-,12+/m1/s1. The van der Waals surface area contributed by atoms with Crippen molar-refractivity contribution < 1.29 is 9.32 Å². The van der Waals surface area contributed by atoms with E-state index in [0.717, 1.165) is 30.1 Å². The van der Waals surface area contributed by atoms with Gasteiger partial charge in [-0.3, -0.25) is 4.79 Å². The number of carbonyl (C=O) groups is 1. The van der Waals surface area contributed by atoms with Gasteiger partial charge in [-0.05, 0) is 31.2 Å². The molecule has 0 N–H and O–H groups in total. The fourth-order valence-corrected chi connectivity index (χ4v) is 3.58. The van der Waals surface area contributed by atoms with Crippen LogP contribution in [0.15, 0.2) is 22.0 Å². The van der Waals surface area contributed by atoms with Gasteiger partial charge in [0.05, 0.1) is 5.92 Å². The number of rotatable bonds is 3. The average Bonchev–Trinajstić information content (AvgIpc) is 3.17. The summed E-state index contributed by atoms with van der Waals surface area (Å²) in [6.45, 7) is 5.28. The molecule has 1 aliphatic heterocycles. The first-order chi connectivity index (χ1) is 10.1. The minimum absolute atomic E-state index is 0.0734. The van der Waals surface area contributed by atoms with Crippen LogP contribution in [-0.2, 0) is 4.79 Å². The number of aryl methyl sites for hydroxylation is 1. The Kier molecular flexibility index (Phi) is 4.05. The Balaban J connectivity index is 1.69. The Labute approximate surface area is 128 Å². The van der Waals surface area contributed by atoms with Crippen LogP contribution in [-0.4, -0.2) is 34.0 Å². The number of likely N-dealkylation sites (tertiary alicyclic amines) is 1. The van der Waals surface area contributed by atoms with Gasteiger partial charge in [-0.2, -0.15) is 4.98 Å². The summed E-state index contributed by atoms with van der Waals surface area (Å²) in [6.07, 6.45) is 2.00. The molecule has 6 heteroatoms. The average molecular weight is 305 g/mol. The summed E-state index contributed by atoms with van der Waals surface area (Å²) in [6, 6.07) is 4.02. The Morgan fingerprint density at radius 1 is 1.57 bits per heavy atom. The molecular weight excluding hydrogens is 286 g/mol. The first-order valence-corrected chi connectivity index (χ1v) is 8.15. The maximum absolute atomic E-state index is 12.6. The molecule has 2 atom stereocenters. The van der Waals surface area contributed by atoms with Crippen molar-refractivity contribution in [3.05, 3.63) is 34.1 Å². The van der Waals surface area contributed by atoms with Crippen LogP contribution in [0.1, 0.15) is 48.2 Å². The molecule has 0 aromatic carbocycles. The minimum Gasteiger partial charge on any atom is -0.341 e. The molecule has 1 fully saturated rings. The highest BCUT2D eigenvalue weighted by Crippen LogP contribution is 2.29. The second-order valence-corrected chi connectivity index (χ2v) is 6.51. The SMILES string of the molecule is Cc1nc([C@H]2CCCN(C(=O)[C@H](C)c3cccs3)C2)no1. The van der Waals surface area contributed by atoms with E-state index in [4.69, 9.17) is 4.52 Å². The summed E-state index contributed by atoms with van der Waals surface area (Å²) in [4.78, 5) is 20.0. The number of amides is 1. The lowest BCUT2D eigenvalue weighted by molar-refractivity contribution is -0.133. The topological polar surface area (TPSA) is 59.2 Å². The smallest absolute Gasteiger partial charge is 0.230 e. The Hall–Kier alpha value is -1.69. The molecule has 1 amide bonds. The summed E-state index contributed by atoms with van der Waals surface area (Å²) in [7, 11) is 0. The van der Waals surface area contributed by atoms with E-state index in [0.29, 0.717) is 12.4 Å². The van der Waals surface area contributed by atoms with Crippen LogP contribution in [0.5, 0.6) is 0 Å². The minimum atomic E-state index is -0.0734. The van der Waals surface area contributed by atoms with E-state index in [1.165, 1.54) is 0 Å². The third-order valence-electron chi connectivity index (χ3n) is 3.98. The second-order valence-electron chi connectivity index (χ2n) is 5.53. The number of piperidine rings is 1. The molecule has 112 valence electrons. The van der Waals surface area contributed by atoms with E-state index in [1.54, 1.807) is 18.3 Å². The molecule has 1 aliphatic rings. The predicted octanol–water partition coefficient (Wildman–Crippen LogP) is 2.95. The molecule has 1 saturated heterocycles. The molecule has 0 unspecified atom stereocenters. The fourth-order valence-electron chi connectivity index (χ4n) is 2.80. The number of hydrogen-bond acceptors (Lipinski definition) is 5. The van der Waals surface area contributed by atoms with E-state index in [1.807, 2.05) is 29.3 Å². The van der Waals surface area contributed by atoms with Crippen molar-refractivity contribution in [3.8, 4) is 0 Å². The van der Waals surface area contributed by atoms with Crippen LogP contribution < -0.4 is 0 Å². The van der Waals surface area contributed by atoms with E-state index in [2.05, 4.69) is 10.1 Å². The molecule has 0 spiro atoms. The van der Waals surface area contributed by atoms with Gasteiger partial charge in [0.25, 0.3) is 0 Å². The van der Waals surface area contributed by atoms with Gasteiger partial charge in [-0.1, -0.05) is 11.2 Å². The molecule has 5 nitrogen and oxygen atoms in total. The Bertz CT molecular complexity index is 608. The molecule has 21 heavy (non-hydrogen) atoms. The van der Waals surface area contributed by atoms with Crippen molar-refractivity contribution in [2.24, 2.45) is 0 Å². The number of carbonyl (C=O) groups excluding carboxylic acids is 1. The molecule has 0 aliphatic carbocycles. The summed E-state index contributed by atoms with van der Waals surface area (Å²) in [5.74, 6) is 1.63. The molecule has 0 radical (unpaired) electrons. The van der Waals surface area contributed by atoms with Crippen molar-refractivity contribution in [3.63, 3.8) is 0 Å². The molecular formula is C15H19N3O2S. The maximum atomic E-state index is 12.6. The van der Waals surface area contributed by atoms with Crippen molar-refractivity contribution in [2.45, 2.75) is 38.5 Å². The van der Waals surface area contributed by atoms with Crippen LogP contribution in [0.2, 0.25) is 0 Å². The highest BCUT2D eigenvalue weighted by Gasteiger charge is 2.30. The zero-order chi connectivity index (χ0) is 14.8. The summed E-state index contributed by atoms with van der Waals surface area (Å²) < 4.78 is 5.06. The lowest BCUT2D eigenvalue weighted by atomic mass is 9.96. The highest BCUT2D eigenvalue weighted by atomic mass is 32.1. The molecule has 2 aromatic rings. The zero-order valence-corrected chi connectivity index (χ0v) is 13.1. The van der Waals surface area contributed by atoms with Gasteiger partial charge >= 0.3 is 0 Å². The van der Waals surface area contributed by atoms with E-state index >= 15 is 0 Å². The predicted molar refractivity (Wildman–Crippen MR) is 80.3 cm³/mol. The monoisotopic (exact) mass is 305 g/mol. The molecule has 3 heterocycles. The molecule has 0 saturated carbocycles. The largest absolute Gasteiger partial charge is 0.341 e. The van der Waals surface area contributed by atoms with Crippen molar-refractivity contribution in [2.75, 3.05) is 13.1 Å². The number of aromatic nitrogens is 2. The third-order valence-corrected chi connectivity index (χ3v) is 5.04. The van der Waals surface area contributed by atoms with Crippen LogP contribution in [0.4, 0.5) is 0 Å². The van der Waals surface area contributed by atoms with Crippen LogP contribution in [0.25, 0.3) is 0 Å². The van der Waals surface area contributed by atoms with Crippen LogP contribution in [0.3, 0.4) is 0 Å². The van der Waals surface area contributed by atoms with Gasteiger partial charge in [-0.25, -0.2) is 0 Å². The lowest BCUT2D eigenvalue weighted by Crippen LogP contribution is -2.41. The van der Waals surface area contributed by atoms with E-state index in [9.17, 15) is 4.79 Å². The van der Waals surface area contributed by atoms with Gasteiger partial charge < -0.3 is 9.42 Å². The van der Waals surface area contributed by atoms with Crippen LogP contribution >= 0.6 is 11.3 Å². The van der Waals surface area contributed by atoms with Crippen LogP contribution in [0, 0.1) is 6.92 Å². The van der Waals surface area contributed by atoms with Gasteiger partial charge in [0.2, 0.25) is 11.8 Å². The number of hydrogen-bond donors (Lipinski definition) is 0. The maximum Gasteiger partial charge on any atom is 0.230 e. The van der Waals surface area contributed by atoms with E-state index in [-0.39, 0.29) is 17.7 Å². The Morgan fingerprint density at radius 2 is 2.43 bits per heavy atom. The summed E-state index contributed by atoms with van der Waals surface area (Å²) in [5, 5.41) is 6.02. The van der Waals surface area contributed by atoms with Gasteiger partial charge in [0, 0.05) is 30.8 Å². The normalized spacial score (nSPS) is 20.5. The zero-order valence-electron chi connectivity index (χ0n) is 12.3. The highest BCUT2D eigenvalue weighted by molar-refractivity contribution is 7.10. The lowest BCUT2D eigenvalue weighted by Gasteiger charge is -2.33. The van der Waals surface area contributed by atoms with Gasteiger partial charge in [0.15, 0.2) is 5.82 Å².